The van der Waals surface area contributed by atoms with Gasteiger partial charge in [-0.25, -0.2) is 0 Å². The summed E-state index contributed by atoms with van der Waals surface area (Å²) >= 11 is 1.38. The summed E-state index contributed by atoms with van der Waals surface area (Å²) in [7, 11) is 4.73. The zero-order valence-corrected chi connectivity index (χ0v) is 42.8. The zero-order valence-electron chi connectivity index (χ0n) is 42.0. The minimum Gasteiger partial charge on any atom is -0.481 e. The summed E-state index contributed by atoms with van der Waals surface area (Å²) in [6.07, 6.45) is 4.48. The lowest BCUT2D eigenvalue weighted by Gasteiger charge is -2.41. The number of benzene rings is 1. The number of carbonyl (C=O) groups is 8. The number of hydrogen-bond donors (Lipinski definition) is 2. The van der Waals surface area contributed by atoms with E-state index < -0.39 is 54.1 Å². The Morgan fingerprint density at radius 3 is 2.12 bits per heavy atom. The highest BCUT2D eigenvalue weighted by atomic mass is 32.2. The maximum absolute atomic E-state index is 14.6. The number of likely N-dealkylation sites (N-methyl/N-ethyl adjacent to an activating group) is 1. The number of imide groups is 1. The van der Waals surface area contributed by atoms with Crippen molar-refractivity contribution in [1.82, 2.24) is 20.0 Å². The predicted molar refractivity (Wildman–Crippen MR) is 259 cm³/mol. The molecule has 16 heteroatoms. The number of ketones is 2. The van der Waals surface area contributed by atoms with Crippen LogP contribution in [0.25, 0.3) is 0 Å². The Kier molecular flexibility index (Phi) is 23.7. The van der Waals surface area contributed by atoms with Crippen LogP contribution in [0.1, 0.15) is 125 Å². The van der Waals surface area contributed by atoms with E-state index in [1.165, 1.54) is 30.9 Å². The number of carboxylic acid groups (broad SMARTS) is 1. The number of amides is 5. The first-order valence-corrected chi connectivity index (χ1v) is 25.6. The molecule has 2 aliphatic rings. The van der Waals surface area contributed by atoms with Gasteiger partial charge in [0.1, 0.15) is 5.78 Å². The van der Waals surface area contributed by atoms with Crippen molar-refractivity contribution in [3.63, 3.8) is 0 Å². The Morgan fingerprint density at radius 1 is 0.896 bits per heavy atom. The molecule has 15 nitrogen and oxygen atoms in total. The largest absolute Gasteiger partial charge is 0.481 e. The molecular formula is C51H80N4O11S. The second-order valence-electron chi connectivity index (χ2n) is 19.4. The average Bonchev–Trinajstić information content (AvgIpc) is 3.89. The number of Topliss-reactive ketones (excluding diaryl/α,β-unsaturated/α-hetero) is 2. The summed E-state index contributed by atoms with van der Waals surface area (Å²) in [5.74, 6) is -5.45. The highest BCUT2D eigenvalue weighted by molar-refractivity contribution is 8.00. The molecule has 1 aromatic rings. The third-order valence-electron chi connectivity index (χ3n) is 14.1. The lowest BCUT2D eigenvalue weighted by atomic mass is 9.83. The third-order valence-corrected chi connectivity index (χ3v) is 15.1. The summed E-state index contributed by atoms with van der Waals surface area (Å²) in [6, 6.07) is 7.44. The number of nitrogens with one attached hydrogen (secondary N) is 1. The van der Waals surface area contributed by atoms with Crippen molar-refractivity contribution in [1.29, 1.82) is 0 Å². The third kappa shape index (κ3) is 16.0. The number of aliphatic carboxylic acids is 1. The molecule has 2 fully saturated rings. The van der Waals surface area contributed by atoms with Crippen molar-refractivity contribution in [2.45, 2.75) is 161 Å². The number of rotatable bonds is 30. The molecule has 10 atom stereocenters. The predicted octanol–water partition coefficient (Wildman–Crippen LogP) is 6.23. The van der Waals surface area contributed by atoms with Gasteiger partial charge >= 0.3 is 5.97 Å². The molecule has 2 saturated heterocycles. The van der Waals surface area contributed by atoms with Crippen LogP contribution in [-0.2, 0) is 54.3 Å². The number of likely N-dealkylation sites (tertiary alicyclic amines) is 2. The van der Waals surface area contributed by atoms with Crippen LogP contribution >= 0.6 is 11.8 Å². The molecule has 0 aliphatic carbocycles. The van der Waals surface area contributed by atoms with Gasteiger partial charge in [0.05, 0.1) is 47.9 Å². The highest BCUT2D eigenvalue weighted by Crippen LogP contribution is 2.32. The van der Waals surface area contributed by atoms with E-state index in [0.29, 0.717) is 51.6 Å². The second-order valence-corrected chi connectivity index (χ2v) is 20.5. The van der Waals surface area contributed by atoms with E-state index in [2.05, 4.69) is 5.32 Å². The Labute approximate surface area is 403 Å². The van der Waals surface area contributed by atoms with Crippen molar-refractivity contribution in [3.05, 3.63) is 35.9 Å². The number of thioether (sulfide) groups is 1. The fraction of sp³-hybridized carbons (Fsp3) is 0.725. The van der Waals surface area contributed by atoms with Gasteiger partial charge in [0.15, 0.2) is 5.78 Å². The summed E-state index contributed by atoms with van der Waals surface area (Å²) in [4.78, 5) is 111. The van der Waals surface area contributed by atoms with E-state index in [0.717, 1.165) is 5.56 Å². The van der Waals surface area contributed by atoms with Crippen molar-refractivity contribution >= 4 is 58.8 Å². The minimum absolute atomic E-state index is 0.0454. The molecule has 0 bridgehead atoms. The fourth-order valence-electron chi connectivity index (χ4n) is 9.80. The number of hydrogen-bond acceptors (Lipinski definition) is 11. The van der Waals surface area contributed by atoms with Gasteiger partial charge in [-0.05, 0) is 61.7 Å². The van der Waals surface area contributed by atoms with Crippen LogP contribution in [-0.4, -0.2) is 143 Å². The van der Waals surface area contributed by atoms with Crippen molar-refractivity contribution in [3.8, 4) is 0 Å². The SMILES string of the molecule is CC[C@H](C)[C@@H]([C@@H](CC(=O)N1CCC[C@H]1[C@H](OC)[C@@H](C)C(=O)C[C@@H](Cc1ccccc1)C(=O)O)OC)N(C)C(=O)C(CC(=O)[C@@H](NC(=O)CCCCCN1C(=O)CC(SC)C1=O)C(C)C)C(C)C. The molecule has 5 amide bonds. The van der Waals surface area contributed by atoms with Crippen LogP contribution in [0.15, 0.2) is 30.3 Å². The molecule has 2 unspecified atom stereocenters. The normalized spacial score (nSPS) is 20.0. The van der Waals surface area contributed by atoms with Crippen LogP contribution in [0.5, 0.6) is 0 Å². The minimum atomic E-state index is -1.05. The molecule has 0 saturated carbocycles. The molecule has 67 heavy (non-hydrogen) atoms. The maximum atomic E-state index is 14.6. The van der Waals surface area contributed by atoms with Gasteiger partial charge < -0.3 is 29.7 Å². The molecule has 1 aromatic carbocycles. The van der Waals surface area contributed by atoms with E-state index >= 15 is 0 Å². The van der Waals surface area contributed by atoms with Gasteiger partial charge in [-0.1, -0.05) is 91.6 Å². The van der Waals surface area contributed by atoms with E-state index in [1.807, 2.05) is 78.1 Å². The van der Waals surface area contributed by atoms with E-state index in [9.17, 15) is 43.5 Å². The molecule has 2 aliphatic heterocycles. The lowest BCUT2D eigenvalue weighted by Crippen LogP contribution is -2.54. The monoisotopic (exact) mass is 957 g/mol. The molecule has 0 aromatic heterocycles. The standard InChI is InChI=1S/C51H80N4O11S/c1-12-33(6)47(41(65-9)29-44(59)54-25-19-22-38(54)48(66-10)34(7)39(56)27-36(51(63)64)26-35-20-15-13-16-21-35)53(8)49(61)37(31(2)3)28-40(57)46(32(4)5)52-43(58)23-17-14-18-24-55-45(60)30-42(67-11)50(55)62/h13,15-16,20-21,31-34,36-38,41-42,46-48H,12,14,17-19,22-30H2,1-11H3,(H,52,58)(H,63,64)/t33-,34-,36+,37?,38-,41+,42?,46-,47-,48+/m0/s1. The number of methoxy groups -OCH3 is 2. The Bertz CT molecular complexity index is 1830. The summed E-state index contributed by atoms with van der Waals surface area (Å²) in [5, 5.41) is 12.6. The number of carbonyl (C=O) groups excluding carboxylic acids is 7. The van der Waals surface area contributed by atoms with Gasteiger partial charge in [0.2, 0.25) is 29.5 Å². The van der Waals surface area contributed by atoms with Gasteiger partial charge in [-0.2, -0.15) is 11.8 Å². The van der Waals surface area contributed by atoms with Crippen LogP contribution in [0.2, 0.25) is 0 Å². The Balaban J connectivity index is 1.67. The summed E-state index contributed by atoms with van der Waals surface area (Å²) in [6.45, 7) is 14.0. The zero-order chi connectivity index (χ0) is 50.1. The van der Waals surface area contributed by atoms with E-state index in [-0.39, 0.29) is 103 Å². The van der Waals surface area contributed by atoms with Gasteiger partial charge in [0, 0.05) is 71.9 Å². The van der Waals surface area contributed by atoms with E-state index in [1.54, 1.807) is 23.8 Å². The molecular weight excluding hydrogens is 877 g/mol. The van der Waals surface area contributed by atoms with Crippen molar-refractivity contribution in [2.75, 3.05) is 40.6 Å². The first-order valence-electron chi connectivity index (χ1n) is 24.3. The fourth-order valence-corrected chi connectivity index (χ4v) is 10.4. The molecule has 376 valence electrons. The first-order chi connectivity index (χ1) is 31.7. The molecule has 0 spiro atoms. The highest BCUT2D eigenvalue weighted by Gasteiger charge is 2.44. The van der Waals surface area contributed by atoms with Crippen LogP contribution in [0.3, 0.4) is 0 Å². The first kappa shape index (κ1) is 57.2. The van der Waals surface area contributed by atoms with Crippen LogP contribution < -0.4 is 5.32 Å². The topological polar surface area (TPSA) is 197 Å². The molecule has 2 N–H and O–H groups in total. The Morgan fingerprint density at radius 2 is 1.57 bits per heavy atom. The Hall–Kier alpha value is -4.15. The number of ether oxygens (including phenoxy) is 2. The second kappa shape index (κ2) is 27.7. The molecule has 0 radical (unpaired) electrons. The van der Waals surface area contributed by atoms with Gasteiger partial charge in [-0.3, -0.25) is 43.3 Å². The van der Waals surface area contributed by atoms with Crippen LogP contribution in [0, 0.1) is 35.5 Å². The van der Waals surface area contributed by atoms with Gasteiger partial charge in [-0.15, -0.1) is 0 Å². The van der Waals surface area contributed by atoms with Crippen molar-refractivity contribution < 1.29 is 52.9 Å². The van der Waals surface area contributed by atoms with Gasteiger partial charge in [0.25, 0.3) is 0 Å². The molecule has 2 heterocycles. The summed E-state index contributed by atoms with van der Waals surface area (Å²) in [5.41, 5.74) is 0.829. The lowest BCUT2D eigenvalue weighted by molar-refractivity contribution is -0.149. The number of unbranched alkanes of at least 4 members (excludes halogenated alkanes) is 2. The average molecular weight is 957 g/mol. The smallest absolute Gasteiger partial charge is 0.307 e. The molecule has 3 rings (SSSR count). The quantitative estimate of drug-likeness (QED) is 0.0653. The van der Waals surface area contributed by atoms with E-state index in [4.69, 9.17) is 9.47 Å². The number of nitrogens with zero attached hydrogens (tertiary/aromatic N) is 3. The maximum Gasteiger partial charge on any atom is 0.307 e. The van der Waals surface area contributed by atoms with Crippen LogP contribution in [0.4, 0.5) is 0 Å². The van der Waals surface area contributed by atoms with Crippen molar-refractivity contribution in [2.24, 2.45) is 35.5 Å². The summed E-state index contributed by atoms with van der Waals surface area (Å²) < 4.78 is 12.0. The number of carboxylic acids is 1.